The number of carbonyl (C=O) groups excluding carboxylic acids is 3. The van der Waals surface area contributed by atoms with E-state index in [4.69, 9.17) is 4.74 Å². The number of aliphatic hydroxyl groups excluding tert-OH is 1. The Labute approximate surface area is 150 Å². The highest BCUT2D eigenvalue weighted by molar-refractivity contribution is 6.09. The molecule has 26 heavy (non-hydrogen) atoms. The molecule has 7 atom stereocenters. The topological polar surface area (TPSA) is 87.2 Å². The lowest BCUT2D eigenvalue weighted by molar-refractivity contribution is -0.143. The maximum absolute atomic E-state index is 13.2. The number of carbonyl (C=O) groups is 3. The van der Waals surface area contributed by atoms with E-state index in [1.165, 1.54) is 4.90 Å². The molecule has 1 N–H and O–H groups in total. The number of benzene rings is 1. The van der Waals surface area contributed by atoms with Crippen molar-refractivity contribution < 1.29 is 24.2 Å². The molecule has 1 aromatic carbocycles. The number of imide groups is 1. The van der Waals surface area contributed by atoms with Crippen molar-refractivity contribution in [3.63, 3.8) is 0 Å². The van der Waals surface area contributed by atoms with E-state index in [9.17, 15) is 19.5 Å². The third kappa shape index (κ3) is 1.97. The summed E-state index contributed by atoms with van der Waals surface area (Å²) in [5, 5.41) is 10.6. The minimum atomic E-state index is -0.916. The summed E-state index contributed by atoms with van der Waals surface area (Å²) in [4.78, 5) is 40.0. The summed E-state index contributed by atoms with van der Waals surface area (Å²) < 4.78 is 5.30. The number of epoxide rings is 1. The number of likely N-dealkylation sites (tertiary alicyclic amines) is 1. The third-order valence-corrected chi connectivity index (χ3v) is 6.29. The lowest BCUT2D eigenvalue weighted by Gasteiger charge is -2.35. The fraction of sp³-hybridized carbons (Fsp3) is 0.450. The summed E-state index contributed by atoms with van der Waals surface area (Å²) >= 11 is 0. The zero-order valence-electron chi connectivity index (χ0n) is 14.2. The quantitative estimate of drug-likeness (QED) is 0.633. The average molecular weight is 353 g/mol. The first-order valence-corrected chi connectivity index (χ1v) is 9.00. The maximum Gasteiger partial charge on any atom is 0.234 e. The van der Waals surface area contributed by atoms with E-state index in [2.05, 4.69) is 0 Å². The van der Waals surface area contributed by atoms with Gasteiger partial charge in [0.2, 0.25) is 11.8 Å². The number of amides is 2. The van der Waals surface area contributed by atoms with Crippen molar-refractivity contribution in [2.24, 2.45) is 17.8 Å². The Morgan fingerprint density at radius 1 is 1.12 bits per heavy atom. The Kier molecular flexibility index (Phi) is 3.27. The van der Waals surface area contributed by atoms with E-state index in [-0.39, 0.29) is 23.6 Å². The van der Waals surface area contributed by atoms with Gasteiger partial charge >= 0.3 is 0 Å². The van der Waals surface area contributed by atoms with Crippen LogP contribution in [-0.4, -0.2) is 45.9 Å². The van der Waals surface area contributed by atoms with Gasteiger partial charge in [-0.3, -0.25) is 19.3 Å². The molecule has 1 saturated carbocycles. The zero-order chi connectivity index (χ0) is 18.2. The normalized spacial score (nSPS) is 39.1. The van der Waals surface area contributed by atoms with Crippen LogP contribution in [0.5, 0.6) is 0 Å². The van der Waals surface area contributed by atoms with Crippen LogP contribution < -0.4 is 0 Å². The van der Waals surface area contributed by atoms with E-state index < -0.39 is 36.1 Å². The third-order valence-electron chi connectivity index (χ3n) is 6.29. The Balaban J connectivity index is 1.51. The summed E-state index contributed by atoms with van der Waals surface area (Å²) in [6.45, 7) is 1.83. The van der Waals surface area contributed by atoms with Gasteiger partial charge < -0.3 is 9.84 Å². The number of hydrogen-bond donors (Lipinski definition) is 1. The fourth-order valence-corrected chi connectivity index (χ4v) is 4.90. The molecule has 2 amide bonds. The van der Waals surface area contributed by atoms with Crippen molar-refractivity contribution in [1.82, 2.24) is 4.90 Å². The molecule has 2 aliphatic heterocycles. The lowest BCUT2D eigenvalue weighted by atomic mass is 9.66. The second-order valence-corrected chi connectivity index (χ2v) is 7.56. The second kappa shape index (κ2) is 5.34. The second-order valence-electron chi connectivity index (χ2n) is 7.56. The first-order valence-electron chi connectivity index (χ1n) is 9.00. The van der Waals surface area contributed by atoms with Gasteiger partial charge in [-0.15, -0.1) is 0 Å². The molecule has 2 saturated heterocycles. The van der Waals surface area contributed by atoms with Crippen molar-refractivity contribution in [3.05, 3.63) is 47.5 Å². The van der Waals surface area contributed by atoms with Gasteiger partial charge in [0.05, 0.1) is 24.0 Å². The molecule has 6 nitrogen and oxygen atoms in total. The molecule has 2 heterocycles. The molecule has 0 spiro atoms. The number of allylic oxidation sites excluding steroid dienone is 1. The highest BCUT2D eigenvalue weighted by Gasteiger charge is 2.65. The van der Waals surface area contributed by atoms with Crippen LogP contribution in [0.3, 0.4) is 0 Å². The molecular formula is C20H19NO5. The van der Waals surface area contributed by atoms with Gasteiger partial charge in [0.15, 0.2) is 5.78 Å². The Bertz CT molecular complexity index is 847. The molecule has 0 radical (unpaired) electrons. The Morgan fingerprint density at radius 3 is 2.58 bits per heavy atom. The minimum absolute atomic E-state index is 0.140. The van der Waals surface area contributed by atoms with Gasteiger partial charge in [-0.05, 0) is 18.9 Å². The molecule has 0 unspecified atom stereocenters. The van der Waals surface area contributed by atoms with Gasteiger partial charge in [-0.25, -0.2) is 0 Å². The van der Waals surface area contributed by atoms with Crippen LogP contribution in [-0.2, 0) is 19.1 Å². The van der Waals surface area contributed by atoms with E-state index in [0.717, 1.165) is 5.56 Å². The summed E-state index contributed by atoms with van der Waals surface area (Å²) in [7, 11) is 0. The molecular weight excluding hydrogens is 334 g/mol. The first kappa shape index (κ1) is 15.9. The van der Waals surface area contributed by atoms with Crippen molar-refractivity contribution in [2.75, 3.05) is 0 Å². The number of fused-ring (bicyclic) bond motifs is 4. The largest absolute Gasteiger partial charge is 0.390 e. The number of ketones is 1. The summed E-state index contributed by atoms with van der Waals surface area (Å²) in [6, 6.07) is 9.02. The number of rotatable bonds is 2. The molecule has 6 heteroatoms. The molecule has 4 aliphatic rings. The van der Waals surface area contributed by atoms with Crippen molar-refractivity contribution in [1.29, 1.82) is 0 Å². The van der Waals surface area contributed by atoms with Crippen molar-refractivity contribution >= 4 is 17.6 Å². The van der Waals surface area contributed by atoms with Crippen molar-refractivity contribution in [2.45, 2.75) is 37.7 Å². The smallest absolute Gasteiger partial charge is 0.234 e. The highest BCUT2D eigenvalue weighted by Crippen LogP contribution is 2.51. The number of nitrogens with zero attached hydrogens (tertiary/aromatic N) is 1. The van der Waals surface area contributed by atoms with E-state index in [0.29, 0.717) is 12.0 Å². The molecule has 1 aromatic rings. The lowest BCUT2D eigenvalue weighted by Crippen LogP contribution is -2.47. The predicted octanol–water partition coefficient (Wildman–Crippen LogP) is 1.01. The first-order chi connectivity index (χ1) is 12.5. The zero-order valence-corrected chi connectivity index (χ0v) is 14.2. The van der Waals surface area contributed by atoms with Gasteiger partial charge in [0.25, 0.3) is 0 Å². The minimum Gasteiger partial charge on any atom is -0.390 e. The highest BCUT2D eigenvalue weighted by atomic mass is 16.6. The van der Waals surface area contributed by atoms with Crippen LogP contribution in [0.1, 0.15) is 24.9 Å². The van der Waals surface area contributed by atoms with Crippen molar-refractivity contribution in [3.8, 4) is 0 Å². The van der Waals surface area contributed by atoms with Crippen LogP contribution in [0.4, 0.5) is 0 Å². The maximum atomic E-state index is 13.2. The molecule has 134 valence electrons. The van der Waals surface area contributed by atoms with E-state index in [1.807, 2.05) is 37.3 Å². The van der Waals surface area contributed by atoms with E-state index in [1.54, 1.807) is 6.08 Å². The molecule has 5 rings (SSSR count). The summed E-state index contributed by atoms with van der Waals surface area (Å²) in [5.74, 6) is -2.49. The Morgan fingerprint density at radius 2 is 1.85 bits per heavy atom. The van der Waals surface area contributed by atoms with Gasteiger partial charge in [-0.2, -0.15) is 0 Å². The van der Waals surface area contributed by atoms with Crippen LogP contribution in [0, 0.1) is 17.8 Å². The number of Topliss-reactive ketones (excluding diaryl/α,β-unsaturated/α-hetero) is 1. The van der Waals surface area contributed by atoms with Gasteiger partial charge in [-0.1, -0.05) is 36.4 Å². The monoisotopic (exact) mass is 353 g/mol. The molecule has 3 fully saturated rings. The fourth-order valence-electron chi connectivity index (χ4n) is 4.90. The SMILES string of the molecule is C[C@@H](c1ccccc1)N1C(=O)[C@@H]2[C@H]3C(=CC[C@H]2C1=O)C(=O)[C@H]1O[C@H]1[C@H]3O. The molecule has 2 aliphatic carbocycles. The summed E-state index contributed by atoms with van der Waals surface area (Å²) in [5.41, 5.74) is 1.35. The Hall–Kier alpha value is -2.31. The number of aliphatic hydroxyl groups is 1. The average Bonchev–Trinajstić information content (AvgIpc) is 3.42. The van der Waals surface area contributed by atoms with Gasteiger partial charge in [0.1, 0.15) is 12.2 Å². The van der Waals surface area contributed by atoms with Crippen LogP contribution in [0.2, 0.25) is 0 Å². The van der Waals surface area contributed by atoms with Gasteiger partial charge in [0, 0.05) is 11.5 Å². The van der Waals surface area contributed by atoms with Crippen LogP contribution in [0.25, 0.3) is 0 Å². The van der Waals surface area contributed by atoms with E-state index >= 15 is 0 Å². The predicted molar refractivity (Wildman–Crippen MR) is 89.6 cm³/mol. The summed E-state index contributed by atoms with van der Waals surface area (Å²) in [6.07, 6.45) is 0.0643. The number of ether oxygens (including phenoxy) is 1. The number of hydrogen-bond acceptors (Lipinski definition) is 5. The molecule has 0 aromatic heterocycles. The molecule has 0 bridgehead atoms. The standard InChI is InChI=1S/C20H19NO5/c1-9(10-5-3-2-4-6-10)21-19(24)12-8-7-11-13(14(12)20(21)25)16(23)18-17(26-18)15(11)22/h2-7,9,12-14,16-18,23H,8H2,1H3/t9-,12+,13+,14-,16-,17+,18-/m0/s1. The van der Waals surface area contributed by atoms with Crippen LogP contribution in [0.15, 0.2) is 42.0 Å². The van der Waals surface area contributed by atoms with Crippen LogP contribution >= 0.6 is 0 Å².